The second-order valence-electron chi connectivity index (χ2n) is 8.30. The van der Waals surface area contributed by atoms with Gasteiger partial charge in [-0.1, -0.05) is 25.7 Å². The van der Waals surface area contributed by atoms with Crippen LogP contribution in [0.3, 0.4) is 0 Å². The van der Waals surface area contributed by atoms with Gasteiger partial charge in [-0.25, -0.2) is 0 Å². The summed E-state index contributed by atoms with van der Waals surface area (Å²) in [5.41, 5.74) is 1.80. The molecule has 7 heteroatoms. The summed E-state index contributed by atoms with van der Waals surface area (Å²) >= 11 is 0. The molecule has 2 amide bonds. The lowest BCUT2D eigenvalue weighted by Crippen LogP contribution is -2.43. The van der Waals surface area contributed by atoms with Crippen molar-refractivity contribution in [1.29, 1.82) is 0 Å². The summed E-state index contributed by atoms with van der Waals surface area (Å²) in [5, 5.41) is 17.7. The van der Waals surface area contributed by atoms with E-state index in [4.69, 9.17) is 0 Å². The zero-order valence-corrected chi connectivity index (χ0v) is 15.9. The minimum atomic E-state index is -0.918. The smallest absolute Gasteiger partial charge is 0.249 e. The maximum atomic E-state index is 12.4. The lowest BCUT2D eigenvalue weighted by Gasteiger charge is -2.34. The first-order valence-electron chi connectivity index (χ1n) is 10.4. The summed E-state index contributed by atoms with van der Waals surface area (Å²) in [5.74, 6) is 0.286. The zero-order chi connectivity index (χ0) is 18.8. The van der Waals surface area contributed by atoms with Crippen molar-refractivity contribution in [1.82, 2.24) is 20.0 Å². The number of aliphatic hydroxyl groups is 1. The molecule has 148 valence electrons. The highest BCUT2D eigenvalue weighted by Gasteiger charge is 2.32. The van der Waals surface area contributed by atoms with Gasteiger partial charge in [0.15, 0.2) is 0 Å². The van der Waals surface area contributed by atoms with E-state index >= 15 is 0 Å². The summed E-state index contributed by atoms with van der Waals surface area (Å²) in [6.45, 7) is 2.32. The van der Waals surface area contributed by atoms with Gasteiger partial charge in [0.1, 0.15) is 6.10 Å². The van der Waals surface area contributed by atoms with Gasteiger partial charge >= 0.3 is 0 Å². The van der Waals surface area contributed by atoms with Crippen molar-refractivity contribution in [3.8, 4) is 0 Å². The molecule has 3 aliphatic rings. The molecule has 0 spiro atoms. The molecule has 1 aromatic rings. The van der Waals surface area contributed by atoms with E-state index in [-0.39, 0.29) is 23.7 Å². The Morgan fingerprint density at radius 2 is 1.93 bits per heavy atom. The third-order valence-corrected chi connectivity index (χ3v) is 6.42. The summed E-state index contributed by atoms with van der Waals surface area (Å²) in [7, 11) is 0. The fourth-order valence-corrected chi connectivity index (χ4v) is 4.46. The summed E-state index contributed by atoms with van der Waals surface area (Å²) in [6, 6.07) is 1.97. The van der Waals surface area contributed by atoms with Gasteiger partial charge in [-0.05, 0) is 37.7 Å². The molecule has 0 aromatic carbocycles. The van der Waals surface area contributed by atoms with Gasteiger partial charge in [0.05, 0.1) is 31.0 Å². The van der Waals surface area contributed by atoms with E-state index in [1.807, 2.05) is 15.6 Å². The molecule has 1 atom stereocenters. The first-order valence-corrected chi connectivity index (χ1v) is 10.4. The van der Waals surface area contributed by atoms with E-state index < -0.39 is 6.10 Å². The largest absolute Gasteiger partial charge is 0.383 e. The number of aromatic nitrogens is 2. The van der Waals surface area contributed by atoms with Crippen LogP contribution in [0.25, 0.3) is 0 Å². The number of rotatable bonds is 5. The predicted octanol–water partition coefficient (Wildman–Crippen LogP) is 1.58. The van der Waals surface area contributed by atoms with Crippen molar-refractivity contribution in [2.45, 2.75) is 77.1 Å². The Labute approximate surface area is 160 Å². The van der Waals surface area contributed by atoms with E-state index in [1.54, 1.807) is 0 Å². The molecule has 2 heterocycles. The monoisotopic (exact) mass is 374 g/mol. The molecule has 0 unspecified atom stereocenters. The number of hydrogen-bond donors (Lipinski definition) is 2. The minimum absolute atomic E-state index is 0.0834. The Hall–Kier alpha value is -1.89. The topological polar surface area (TPSA) is 87.5 Å². The average molecular weight is 374 g/mol. The Kier molecular flexibility index (Phi) is 5.48. The third-order valence-electron chi connectivity index (χ3n) is 6.42. The van der Waals surface area contributed by atoms with E-state index in [0.29, 0.717) is 26.2 Å². The molecule has 0 bridgehead atoms. The van der Waals surface area contributed by atoms with Gasteiger partial charge in [-0.15, -0.1) is 0 Å². The highest BCUT2D eigenvalue weighted by atomic mass is 16.3. The molecule has 2 saturated carbocycles. The van der Waals surface area contributed by atoms with Crippen LogP contribution in [0.1, 0.15) is 62.8 Å². The van der Waals surface area contributed by atoms with Crippen molar-refractivity contribution in [2.75, 3.05) is 6.54 Å². The molecule has 1 aromatic heterocycles. The van der Waals surface area contributed by atoms with Gasteiger partial charge in [-0.2, -0.15) is 5.10 Å². The van der Waals surface area contributed by atoms with Crippen LogP contribution in [0.15, 0.2) is 6.07 Å². The van der Waals surface area contributed by atoms with E-state index in [0.717, 1.165) is 49.9 Å². The summed E-state index contributed by atoms with van der Waals surface area (Å²) in [4.78, 5) is 26.7. The molecular weight excluding hydrogens is 344 g/mol. The standard InChI is InChI=1S/C20H30N4O3/c25-18(14-5-2-1-3-6-14)19(26)21-12-16-11-17-13-23(9-10-24(17)22-16)20(27)15-7-4-8-15/h11,14-15,18,25H,1-10,12-13H2,(H,21,26)/t18-/m1/s1. The van der Waals surface area contributed by atoms with Crippen molar-refractivity contribution >= 4 is 11.8 Å². The van der Waals surface area contributed by atoms with Gasteiger partial charge < -0.3 is 15.3 Å². The molecule has 2 aliphatic carbocycles. The van der Waals surface area contributed by atoms with Crippen LogP contribution in [0, 0.1) is 11.8 Å². The number of nitrogens with zero attached hydrogens (tertiary/aromatic N) is 3. The quantitative estimate of drug-likeness (QED) is 0.819. The molecule has 2 N–H and O–H groups in total. The predicted molar refractivity (Wildman–Crippen MR) is 99.4 cm³/mol. The van der Waals surface area contributed by atoms with Crippen molar-refractivity contribution in [2.24, 2.45) is 11.8 Å². The maximum absolute atomic E-state index is 12.4. The molecule has 1 aliphatic heterocycles. The number of nitrogens with one attached hydrogen (secondary N) is 1. The zero-order valence-electron chi connectivity index (χ0n) is 15.9. The van der Waals surface area contributed by atoms with E-state index in [1.165, 1.54) is 12.8 Å². The number of aliphatic hydroxyl groups excluding tert-OH is 1. The lowest BCUT2D eigenvalue weighted by atomic mass is 9.84. The van der Waals surface area contributed by atoms with Crippen LogP contribution in [0.2, 0.25) is 0 Å². The number of fused-ring (bicyclic) bond motifs is 1. The van der Waals surface area contributed by atoms with Gasteiger partial charge in [0.25, 0.3) is 0 Å². The number of amides is 2. The van der Waals surface area contributed by atoms with Crippen LogP contribution in [0.4, 0.5) is 0 Å². The highest BCUT2D eigenvalue weighted by Crippen LogP contribution is 2.29. The Morgan fingerprint density at radius 3 is 2.63 bits per heavy atom. The molecular formula is C20H30N4O3. The second-order valence-corrected chi connectivity index (χ2v) is 8.30. The lowest BCUT2D eigenvalue weighted by molar-refractivity contribution is -0.139. The van der Waals surface area contributed by atoms with E-state index in [9.17, 15) is 14.7 Å². The van der Waals surface area contributed by atoms with Crippen LogP contribution < -0.4 is 5.32 Å². The highest BCUT2D eigenvalue weighted by molar-refractivity contribution is 5.81. The normalized spacial score (nSPS) is 22.0. The SMILES string of the molecule is O=C(NCc1cc2n(n1)CCN(C(=O)C1CCC1)C2)[C@H](O)C1CCCCC1. The van der Waals surface area contributed by atoms with Crippen molar-refractivity contribution in [3.63, 3.8) is 0 Å². The maximum Gasteiger partial charge on any atom is 0.249 e. The van der Waals surface area contributed by atoms with Crippen LogP contribution in [0.5, 0.6) is 0 Å². The Morgan fingerprint density at radius 1 is 1.15 bits per heavy atom. The van der Waals surface area contributed by atoms with Gasteiger partial charge in [0.2, 0.25) is 11.8 Å². The molecule has 4 rings (SSSR count). The van der Waals surface area contributed by atoms with Crippen LogP contribution >= 0.6 is 0 Å². The first-order chi connectivity index (χ1) is 13.1. The van der Waals surface area contributed by atoms with Crippen molar-refractivity contribution in [3.05, 3.63) is 17.5 Å². The Balaban J connectivity index is 1.30. The van der Waals surface area contributed by atoms with Crippen molar-refractivity contribution < 1.29 is 14.7 Å². The minimum Gasteiger partial charge on any atom is -0.383 e. The molecule has 0 saturated heterocycles. The summed E-state index contributed by atoms with van der Waals surface area (Å²) < 4.78 is 1.93. The van der Waals surface area contributed by atoms with E-state index in [2.05, 4.69) is 10.4 Å². The molecule has 27 heavy (non-hydrogen) atoms. The second kappa shape index (κ2) is 8.00. The molecule has 2 fully saturated rings. The number of carbonyl (C=O) groups is 2. The third kappa shape index (κ3) is 4.03. The van der Waals surface area contributed by atoms with Gasteiger partial charge in [-0.3, -0.25) is 14.3 Å². The Bertz CT molecular complexity index is 691. The van der Waals surface area contributed by atoms with Crippen LogP contribution in [-0.2, 0) is 29.2 Å². The number of hydrogen-bond acceptors (Lipinski definition) is 4. The average Bonchev–Trinajstić information content (AvgIpc) is 3.06. The molecule has 0 radical (unpaired) electrons. The summed E-state index contributed by atoms with van der Waals surface area (Å²) in [6.07, 6.45) is 7.54. The molecule has 7 nitrogen and oxygen atoms in total. The number of carbonyl (C=O) groups excluding carboxylic acids is 2. The fourth-order valence-electron chi connectivity index (χ4n) is 4.46. The first kappa shape index (κ1) is 18.5. The van der Waals surface area contributed by atoms with Gasteiger partial charge in [0, 0.05) is 12.5 Å². The fraction of sp³-hybridized carbons (Fsp3) is 0.750. The van der Waals surface area contributed by atoms with Crippen LogP contribution in [-0.4, -0.2) is 44.3 Å².